The highest BCUT2D eigenvalue weighted by Crippen LogP contribution is 2.29. The minimum Gasteiger partial charge on any atom is -0.378 e. The molecule has 1 aliphatic rings. The van der Waals surface area contributed by atoms with Gasteiger partial charge in [0, 0.05) is 36.6 Å². The summed E-state index contributed by atoms with van der Waals surface area (Å²) in [6.45, 7) is 4.26. The van der Waals surface area contributed by atoms with Crippen molar-refractivity contribution in [1.82, 2.24) is 14.9 Å². The summed E-state index contributed by atoms with van der Waals surface area (Å²) < 4.78 is 5.34. The molecule has 7 heteroatoms. The molecule has 0 radical (unpaired) electrons. The summed E-state index contributed by atoms with van der Waals surface area (Å²) in [5, 5.41) is 13.2. The van der Waals surface area contributed by atoms with Crippen LogP contribution in [0.15, 0.2) is 36.7 Å². The number of rotatable bonds is 3. The predicted molar refractivity (Wildman–Crippen MR) is 102 cm³/mol. The molecule has 0 atom stereocenters. The largest absolute Gasteiger partial charge is 0.378 e. The summed E-state index contributed by atoms with van der Waals surface area (Å²) in [4.78, 5) is 22.5. The molecule has 0 bridgehead atoms. The number of amides is 1. The molecule has 2 N–H and O–H groups in total. The highest BCUT2D eigenvalue weighted by molar-refractivity contribution is 6.10. The first-order chi connectivity index (χ1) is 13.2. The number of carbonyl (C=O) groups excluding carboxylic acids is 1. The van der Waals surface area contributed by atoms with Crippen molar-refractivity contribution in [3.05, 3.63) is 53.3 Å². The monoisotopic (exact) mass is 361 g/mol. The first-order valence-electron chi connectivity index (χ1n) is 8.78. The molecule has 3 aromatic rings. The van der Waals surface area contributed by atoms with Crippen LogP contribution in [0.4, 0.5) is 11.5 Å². The maximum atomic E-state index is 13.0. The van der Waals surface area contributed by atoms with Crippen molar-refractivity contribution in [2.24, 2.45) is 0 Å². The second-order valence-corrected chi connectivity index (χ2v) is 6.46. The summed E-state index contributed by atoms with van der Waals surface area (Å²) >= 11 is 0. The van der Waals surface area contributed by atoms with Crippen LogP contribution in [-0.2, 0) is 4.74 Å². The van der Waals surface area contributed by atoms with Crippen LogP contribution in [0.25, 0.3) is 10.9 Å². The number of benzene rings is 1. The number of fused-ring (bicyclic) bond motifs is 1. The molecule has 3 heterocycles. The number of hydrogen-bond acceptors (Lipinski definition) is 5. The maximum absolute atomic E-state index is 13.0. The van der Waals surface area contributed by atoms with Crippen molar-refractivity contribution in [1.29, 1.82) is 5.26 Å². The van der Waals surface area contributed by atoms with Gasteiger partial charge in [0.05, 0.1) is 35.9 Å². The minimum absolute atomic E-state index is 0.0310. The number of H-pyrrole nitrogens is 1. The Hall–Kier alpha value is -3.37. The van der Waals surface area contributed by atoms with E-state index >= 15 is 0 Å². The number of nitrogens with zero attached hydrogens (tertiary/aromatic N) is 3. The van der Waals surface area contributed by atoms with E-state index < -0.39 is 0 Å². The second-order valence-electron chi connectivity index (χ2n) is 6.46. The number of anilines is 2. The Morgan fingerprint density at radius 1 is 1.37 bits per heavy atom. The van der Waals surface area contributed by atoms with Gasteiger partial charge in [-0.2, -0.15) is 5.26 Å². The summed E-state index contributed by atoms with van der Waals surface area (Å²) in [6, 6.07) is 9.32. The standard InChI is InChI=1S/C20H19N5O2/c1-13-11-22-18-17(13)16(20(26)25-5-7-27-8-6-25)12-23-19(18)24-15-4-2-3-14(9-15)10-21/h2-4,9,11-12,22H,5-8H2,1H3,(H,23,24). The van der Waals surface area contributed by atoms with Gasteiger partial charge in [0.15, 0.2) is 5.82 Å². The fraction of sp³-hybridized carbons (Fsp3) is 0.250. The number of morpholine rings is 1. The first-order valence-corrected chi connectivity index (χ1v) is 8.78. The van der Waals surface area contributed by atoms with Crippen LogP contribution < -0.4 is 5.32 Å². The highest BCUT2D eigenvalue weighted by Gasteiger charge is 2.23. The molecule has 0 unspecified atom stereocenters. The molecule has 1 aliphatic heterocycles. The van der Waals surface area contributed by atoms with Crippen LogP contribution in [0.5, 0.6) is 0 Å². The Labute approximate surface area is 156 Å². The van der Waals surface area contributed by atoms with E-state index in [0.29, 0.717) is 43.2 Å². The summed E-state index contributed by atoms with van der Waals surface area (Å²) in [7, 11) is 0. The number of carbonyl (C=O) groups is 1. The summed E-state index contributed by atoms with van der Waals surface area (Å²) in [5.74, 6) is 0.586. The lowest BCUT2D eigenvalue weighted by Crippen LogP contribution is -2.40. The van der Waals surface area contributed by atoms with Gasteiger partial charge < -0.3 is 19.9 Å². The van der Waals surface area contributed by atoms with Crippen molar-refractivity contribution in [3.8, 4) is 6.07 Å². The third kappa shape index (κ3) is 3.23. The van der Waals surface area contributed by atoms with Crippen molar-refractivity contribution in [2.45, 2.75) is 6.92 Å². The molecule has 27 heavy (non-hydrogen) atoms. The predicted octanol–water partition coefficient (Wildman–Crippen LogP) is 2.96. The third-order valence-electron chi connectivity index (χ3n) is 4.69. The number of nitriles is 1. The molecule has 0 aliphatic carbocycles. The van der Waals surface area contributed by atoms with Gasteiger partial charge in [0.25, 0.3) is 5.91 Å². The number of aryl methyl sites for hydroxylation is 1. The summed E-state index contributed by atoms with van der Waals surface area (Å²) in [6.07, 6.45) is 3.50. The molecule has 1 saturated heterocycles. The molecular formula is C20H19N5O2. The quantitative estimate of drug-likeness (QED) is 0.748. The van der Waals surface area contributed by atoms with Gasteiger partial charge >= 0.3 is 0 Å². The lowest BCUT2D eigenvalue weighted by Gasteiger charge is -2.27. The zero-order valence-electron chi connectivity index (χ0n) is 15.0. The van der Waals surface area contributed by atoms with Gasteiger partial charge in [-0.05, 0) is 30.7 Å². The Morgan fingerprint density at radius 3 is 2.96 bits per heavy atom. The van der Waals surface area contributed by atoms with Crippen LogP contribution >= 0.6 is 0 Å². The van der Waals surface area contributed by atoms with E-state index in [1.807, 2.05) is 25.3 Å². The van der Waals surface area contributed by atoms with Crippen molar-refractivity contribution in [3.63, 3.8) is 0 Å². The number of aromatic nitrogens is 2. The van der Waals surface area contributed by atoms with E-state index in [1.54, 1.807) is 23.2 Å². The van der Waals surface area contributed by atoms with Crippen LogP contribution in [0.2, 0.25) is 0 Å². The van der Waals surface area contributed by atoms with Gasteiger partial charge in [-0.25, -0.2) is 4.98 Å². The number of hydrogen-bond donors (Lipinski definition) is 2. The Bertz CT molecular complexity index is 1040. The Kier molecular flexibility index (Phi) is 4.48. The fourth-order valence-corrected chi connectivity index (χ4v) is 3.31. The van der Waals surface area contributed by atoms with Gasteiger partial charge in [-0.3, -0.25) is 4.79 Å². The zero-order chi connectivity index (χ0) is 18.8. The van der Waals surface area contributed by atoms with Gasteiger partial charge in [-0.15, -0.1) is 0 Å². The molecule has 0 saturated carbocycles. The van der Waals surface area contributed by atoms with E-state index in [9.17, 15) is 4.79 Å². The number of ether oxygens (including phenoxy) is 1. The maximum Gasteiger partial charge on any atom is 0.256 e. The molecule has 4 rings (SSSR count). The third-order valence-corrected chi connectivity index (χ3v) is 4.69. The zero-order valence-corrected chi connectivity index (χ0v) is 15.0. The van der Waals surface area contributed by atoms with Crippen LogP contribution in [0, 0.1) is 18.3 Å². The molecule has 1 fully saturated rings. The molecule has 136 valence electrons. The van der Waals surface area contributed by atoms with E-state index in [4.69, 9.17) is 10.00 Å². The Morgan fingerprint density at radius 2 is 2.19 bits per heavy atom. The normalized spacial score (nSPS) is 14.1. The lowest BCUT2D eigenvalue weighted by atomic mass is 10.1. The van der Waals surface area contributed by atoms with Gasteiger partial charge in [0.2, 0.25) is 0 Å². The first kappa shape index (κ1) is 17.1. The number of aromatic amines is 1. The molecular weight excluding hydrogens is 342 g/mol. The van der Waals surface area contributed by atoms with Crippen molar-refractivity contribution in [2.75, 3.05) is 31.6 Å². The van der Waals surface area contributed by atoms with Gasteiger partial charge in [0.1, 0.15) is 0 Å². The molecule has 1 aromatic carbocycles. The van der Waals surface area contributed by atoms with E-state index in [0.717, 1.165) is 22.2 Å². The fourth-order valence-electron chi connectivity index (χ4n) is 3.31. The molecule has 2 aromatic heterocycles. The van der Waals surface area contributed by atoms with Crippen molar-refractivity contribution >= 4 is 28.3 Å². The molecule has 0 spiro atoms. The smallest absolute Gasteiger partial charge is 0.256 e. The van der Waals surface area contributed by atoms with E-state index in [2.05, 4.69) is 21.4 Å². The van der Waals surface area contributed by atoms with Crippen LogP contribution in [-0.4, -0.2) is 47.1 Å². The van der Waals surface area contributed by atoms with E-state index in [-0.39, 0.29) is 5.91 Å². The minimum atomic E-state index is -0.0310. The molecule has 1 amide bonds. The van der Waals surface area contributed by atoms with Crippen molar-refractivity contribution < 1.29 is 9.53 Å². The SMILES string of the molecule is Cc1c[nH]c2c(Nc3cccc(C#N)c3)ncc(C(=O)N3CCOCC3)c12. The summed E-state index contributed by atoms with van der Waals surface area (Å²) in [5.41, 5.74) is 3.68. The lowest BCUT2D eigenvalue weighted by molar-refractivity contribution is 0.0304. The average molecular weight is 361 g/mol. The van der Waals surface area contributed by atoms with Crippen LogP contribution in [0.3, 0.4) is 0 Å². The molecule has 7 nitrogen and oxygen atoms in total. The van der Waals surface area contributed by atoms with Gasteiger partial charge in [-0.1, -0.05) is 6.07 Å². The second kappa shape index (κ2) is 7.09. The Balaban J connectivity index is 1.72. The highest BCUT2D eigenvalue weighted by atomic mass is 16.5. The number of nitrogens with one attached hydrogen (secondary N) is 2. The van der Waals surface area contributed by atoms with Crippen LogP contribution in [0.1, 0.15) is 21.5 Å². The topological polar surface area (TPSA) is 94.0 Å². The average Bonchev–Trinajstić information content (AvgIpc) is 3.11. The number of pyridine rings is 1. The van der Waals surface area contributed by atoms with E-state index in [1.165, 1.54) is 0 Å².